The van der Waals surface area contributed by atoms with Crippen LogP contribution in [0.25, 0.3) is 44.8 Å². The summed E-state index contributed by atoms with van der Waals surface area (Å²) < 4.78 is 7.21. The molecule has 0 spiro atoms. The zero-order chi connectivity index (χ0) is 16.1. The molecule has 1 N–H and O–H groups in total. The quantitative estimate of drug-likeness (QED) is 0.537. The van der Waals surface area contributed by atoms with E-state index in [4.69, 9.17) is 4.52 Å². The Bertz CT molecular complexity index is 1180. The average molecular weight is 317 g/mol. The largest absolute Gasteiger partial charge is 0.334 e. The molecule has 0 fully saturated rings. The molecule has 0 saturated heterocycles. The summed E-state index contributed by atoms with van der Waals surface area (Å²) >= 11 is 0. The van der Waals surface area contributed by atoms with Crippen molar-refractivity contribution >= 4 is 21.9 Å². The summed E-state index contributed by atoms with van der Waals surface area (Å²) in [6, 6.07) is 7.82. The van der Waals surface area contributed by atoms with Crippen molar-refractivity contribution in [1.82, 2.24) is 35.1 Å². The number of aromatic nitrogens is 7. The van der Waals surface area contributed by atoms with Crippen molar-refractivity contribution in [3.63, 3.8) is 0 Å². The molecule has 0 atom stereocenters. The number of fused-ring (bicyclic) bond motifs is 2. The van der Waals surface area contributed by atoms with Crippen molar-refractivity contribution in [3.05, 3.63) is 42.9 Å². The molecule has 0 saturated carbocycles. The van der Waals surface area contributed by atoms with Crippen LogP contribution in [0.4, 0.5) is 0 Å². The number of hydrogen-bond acceptors (Lipinski definition) is 6. The van der Waals surface area contributed by atoms with Crippen molar-refractivity contribution in [3.8, 4) is 22.8 Å². The van der Waals surface area contributed by atoms with E-state index < -0.39 is 0 Å². The lowest BCUT2D eigenvalue weighted by Gasteiger charge is -1.97. The predicted molar refractivity (Wildman–Crippen MR) is 86.9 cm³/mol. The minimum atomic E-state index is 0.416. The van der Waals surface area contributed by atoms with Crippen LogP contribution < -0.4 is 0 Å². The van der Waals surface area contributed by atoms with Crippen LogP contribution in [0, 0.1) is 0 Å². The number of nitrogens with zero attached hydrogens (tertiary/aromatic N) is 6. The summed E-state index contributed by atoms with van der Waals surface area (Å²) in [5, 5.41) is 16.2. The highest BCUT2D eigenvalue weighted by Crippen LogP contribution is 2.25. The molecular formula is C16H11N7O. The first kappa shape index (κ1) is 12.9. The van der Waals surface area contributed by atoms with Gasteiger partial charge in [0, 0.05) is 24.2 Å². The summed E-state index contributed by atoms with van der Waals surface area (Å²) in [5.74, 6) is 0.942. The monoisotopic (exact) mass is 317 g/mol. The van der Waals surface area contributed by atoms with Crippen molar-refractivity contribution in [2.45, 2.75) is 0 Å². The third-order valence-electron chi connectivity index (χ3n) is 3.97. The molecular weight excluding hydrogens is 306 g/mol. The highest BCUT2D eigenvalue weighted by atomic mass is 16.5. The maximum absolute atomic E-state index is 5.40. The SMILES string of the molecule is Cn1ncc2ccc(-c3noc(-c4cnc5cn[nH]c5c4)n3)cc21. The average Bonchev–Trinajstić information content (AvgIpc) is 3.33. The molecule has 0 unspecified atom stereocenters. The van der Waals surface area contributed by atoms with Crippen LogP contribution in [0.5, 0.6) is 0 Å². The second-order valence-electron chi connectivity index (χ2n) is 5.49. The summed E-state index contributed by atoms with van der Waals surface area (Å²) in [5.41, 5.74) is 4.24. The Morgan fingerprint density at radius 1 is 1.08 bits per heavy atom. The third-order valence-corrected chi connectivity index (χ3v) is 3.97. The van der Waals surface area contributed by atoms with E-state index in [0.29, 0.717) is 11.7 Å². The molecule has 5 aromatic rings. The molecule has 116 valence electrons. The highest BCUT2D eigenvalue weighted by Gasteiger charge is 2.13. The van der Waals surface area contributed by atoms with Gasteiger partial charge in [0.2, 0.25) is 5.82 Å². The lowest BCUT2D eigenvalue weighted by molar-refractivity contribution is 0.432. The normalized spacial score (nSPS) is 11.5. The molecule has 1 aromatic carbocycles. The van der Waals surface area contributed by atoms with Crippen molar-refractivity contribution in [1.29, 1.82) is 0 Å². The Hall–Kier alpha value is -3.55. The minimum absolute atomic E-state index is 0.416. The number of nitrogens with one attached hydrogen (secondary N) is 1. The van der Waals surface area contributed by atoms with E-state index in [0.717, 1.165) is 33.1 Å². The number of rotatable bonds is 2. The smallest absolute Gasteiger partial charge is 0.259 e. The molecule has 0 aliphatic rings. The zero-order valence-corrected chi connectivity index (χ0v) is 12.6. The topological polar surface area (TPSA) is 98.3 Å². The van der Waals surface area contributed by atoms with Gasteiger partial charge in [0.15, 0.2) is 0 Å². The van der Waals surface area contributed by atoms with Gasteiger partial charge in [0.05, 0.1) is 29.0 Å². The first-order chi connectivity index (χ1) is 11.8. The van der Waals surface area contributed by atoms with E-state index in [-0.39, 0.29) is 0 Å². The van der Waals surface area contributed by atoms with E-state index in [1.807, 2.05) is 42.2 Å². The summed E-state index contributed by atoms with van der Waals surface area (Å²) in [7, 11) is 1.90. The summed E-state index contributed by atoms with van der Waals surface area (Å²) in [4.78, 5) is 8.79. The maximum atomic E-state index is 5.40. The highest BCUT2D eigenvalue weighted by molar-refractivity contribution is 5.83. The Morgan fingerprint density at radius 3 is 3.00 bits per heavy atom. The molecule has 0 amide bonds. The number of aryl methyl sites for hydroxylation is 1. The van der Waals surface area contributed by atoms with Gasteiger partial charge >= 0.3 is 0 Å². The van der Waals surface area contributed by atoms with E-state index >= 15 is 0 Å². The van der Waals surface area contributed by atoms with Crippen molar-refractivity contribution < 1.29 is 4.52 Å². The Labute approximate surface area is 135 Å². The van der Waals surface area contributed by atoms with Gasteiger partial charge in [0.25, 0.3) is 5.89 Å². The number of aromatic amines is 1. The Morgan fingerprint density at radius 2 is 2.04 bits per heavy atom. The first-order valence-electron chi connectivity index (χ1n) is 7.33. The standard InChI is InChI=1S/C16H11N7O/c1-23-14-5-9(2-3-10(14)7-19-23)15-20-16(24-22-15)11-4-12-13(17-6-11)8-18-21-12/h2-8H,1H3,(H,18,21). The Kier molecular flexibility index (Phi) is 2.55. The van der Waals surface area contributed by atoms with Gasteiger partial charge < -0.3 is 4.52 Å². The molecule has 0 radical (unpaired) electrons. The number of H-pyrrole nitrogens is 1. The Balaban J connectivity index is 1.58. The van der Waals surface area contributed by atoms with Crippen LogP contribution in [0.1, 0.15) is 0 Å². The summed E-state index contributed by atoms with van der Waals surface area (Å²) in [6.07, 6.45) is 5.19. The fourth-order valence-electron chi connectivity index (χ4n) is 2.69. The lowest BCUT2D eigenvalue weighted by atomic mass is 10.1. The van der Waals surface area contributed by atoms with Gasteiger partial charge in [-0.2, -0.15) is 15.2 Å². The predicted octanol–water partition coefficient (Wildman–Crippen LogP) is 2.56. The number of benzene rings is 1. The molecule has 0 aliphatic heterocycles. The van der Waals surface area contributed by atoms with Crippen molar-refractivity contribution in [2.75, 3.05) is 0 Å². The van der Waals surface area contributed by atoms with Gasteiger partial charge in [-0.15, -0.1) is 0 Å². The van der Waals surface area contributed by atoms with Gasteiger partial charge in [-0.3, -0.25) is 14.8 Å². The van der Waals surface area contributed by atoms with E-state index in [1.165, 1.54) is 0 Å². The van der Waals surface area contributed by atoms with E-state index in [2.05, 4.69) is 30.4 Å². The second kappa shape index (κ2) is 4.72. The van der Waals surface area contributed by atoms with Crippen LogP contribution in [0.3, 0.4) is 0 Å². The fraction of sp³-hybridized carbons (Fsp3) is 0.0625. The number of hydrogen-bond donors (Lipinski definition) is 1. The minimum Gasteiger partial charge on any atom is -0.334 e. The molecule has 5 rings (SSSR count). The van der Waals surface area contributed by atoms with Crippen LogP contribution in [-0.4, -0.2) is 35.1 Å². The molecule has 0 aliphatic carbocycles. The van der Waals surface area contributed by atoms with Crippen LogP contribution >= 0.6 is 0 Å². The van der Waals surface area contributed by atoms with E-state index in [1.54, 1.807) is 12.4 Å². The second-order valence-corrected chi connectivity index (χ2v) is 5.49. The zero-order valence-electron chi connectivity index (χ0n) is 12.6. The first-order valence-corrected chi connectivity index (χ1v) is 7.33. The van der Waals surface area contributed by atoms with Gasteiger partial charge in [-0.05, 0) is 12.1 Å². The molecule has 4 heterocycles. The lowest BCUT2D eigenvalue weighted by Crippen LogP contribution is -1.89. The van der Waals surface area contributed by atoms with Crippen LogP contribution in [0.2, 0.25) is 0 Å². The summed E-state index contributed by atoms with van der Waals surface area (Å²) in [6.45, 7) is 0. The molecule has 24 heavy (non-hydrogen) atoms. The van der Waals surface area contributed by atoms with Gasteiger partial charge in [-0.1, -0.05) is 17.3 Å². The third kappa shape index (κ3) is 1.89. The van der Waals surface area contributed by atoms with Gasteiger partial charge in [-0.25, -0.2) is 0 Å². The number of pyridine rings is 1. The molecule has 0 bridgehead atoms. The fourth-order valence-corrected chi connectivity index (χ4v) is 2.69. The maximum Gasteiger partial charge on any atom is 0.259 e. The molecule has 4 aromatic heterocycles. The van der Waals surface area contributed by atoms with Crippen LogP contribution in [-0.2, 0) is 7.05 Å². The van der Waals surface area contributed by atoms with Crippen LogP contribution in [0.15, 0.2) is 47.4 Å². The molecule has 8 heteroatoms. The van der Waals surface area contributed by atoms with Gasteiger partial charge in [0.1, 0.15) is 5.52 Å². The van der Waals surface area contributed by atoms with Crippen molar-refractivity contribution in [2.24, 2.45) is 7.05 Å². The molecule has 8 nitrogen and oxygen atoms in total. The van der Waals surface area contributed by atoms with E-state index in [9.17, 15) is 0 Å².